The minimum atomic E-state index is -0.153. The van der Waals surface area contributed by atoms with Crippen LogP contribution in [-0.4, -0.2) is 29.1 Å². The zero-order valence-electron chi connectivity index (χ0n) is 13.5. The van der Waals surface area contributed by atoms with E-state index in [0.29, 0.717) is 11.7 Å². The molecule has 1 aromatic heterocycles. The highest BCUT2D eigenvalue weighted by atomic mass is 16.5. The predicted molar refractivity (Wildman–Crippen MR) is 86.1 cm³/mol. The van der Waals surface area contributed by atoms with Gasteiger partial charge in [-0.2, -0.15) is 4.98 Å². The van der Waals surface area contributed by atoms with E-state index in [1.807, 2.05) is 19.1 Å². The first-order valence-corrected chi connectivity index (χ1v) is 7.48. The Balaban J connectivity index is 2.05. The van der Waals surface area contributed by atoms with E-state index in [-0.39, 0.29) is 12.3 Å². The molecule has 2 aromatic rings. The zero-order chi connectivity index (χ0) is 16.1. The van der Waals surface area contributed by atoms with Gasteiger partial charge in [-0.25, -0.2) is 0 Å². The summed E-state index contributed by atoms with van der Waals surface area (Å²) < 4.78 is 4.86. The lowest BCUT2D eigenvalue weighted by atomic mass is 10.1. The Kier molecular flexibility index (Phi) is 5.14. The van der Waals surface area contributed by atoms with Gasteiger partial charge in [0.25, 0.3) is 0 Å². The van der Waals surface area contributed by atoms with Crippen LogP contribution in [0.15, 0.2) is 22.7 Å². The third-order valence-electron chi connectivity index (χ3n) is 3.50. The van der Waals surface area contributed by atoms with Crippen molar-refractivity contribution >= 4 is 17.3 Å². The van der Waals surface area contributed by atoms with Gasteiger partial charge in [0, 0.05) is 31.4 Å². The average Bonchev–Trinajstić information content (AvgIpc) is 2.88. The van der Waals surface area contributed by atoms with Crippen LogP contribution >= 0.6 is 0 Å². The maximum absolute atomic E-state index is 12.0. The molecule has 0 saturated heterocycles. The number of aromatic nitrogens is 2. The summed E-state index contributed by atoms with van der Waals surface area (Å²) in [6.45, 7) is 9.85. The minimum absolute atomic E-state index is 0.106. The van der Waals surface area contributed by atoms with E-state index in [1.54, 1.807) is 6.92 Å². The smallest absolute Gasteiger partial charge is 0.232 e. The van der Waals surface area contributed by atoms with Gasteiger partial charge in [-0.05, 0) is 44.5 Å². The third-order valence-corrected chi connectivity index (χ3v) is 3.50. The van der Waals surface area contributed by atoms with E-state index in [4.69, 9.17) is 4.52 Å². The van der Waals surface area contributed by atoms with Crippen LogP contribution in [0.5, 0.6) is 0 Å². The second kappa shape index (κ2) is 7.06. The standard InChI is InChI=1S/C16H22N4O2/c1-5-20(6-2)13-7-8-14(11(3)9-13)18-16(21)10-15-17-12(4)22-19-15/h7-9H,5-6,10H2,1-4H3,(H,18,21). The molecule has 0 aliphatic rings. The van der Waals surface area contributed by atoms with Gasteiger partial charge >= 0.3 is 0 Å². The second-order valence-corrected chi connectivity index (χ2v) is 5.13. The van der Waals surface area contributed by atoms with Gasteiger partial charge in [-0.15, -0.1) is 0 Å². The summed E-state index contributed by atoms with van der Waals surface area (Å²) in [6, 6.07) is 6.04. The number of carbonyl (C=O) groups excluding carboxylic acids is 1. The Morgan fingerprint density at radius 2 is 2.00 bits per heavy atom. The van der Waals surface area contributed by atoms with E-state index in [0.717, 1.165) is 30.0 Å². The second-order valence-electron chi connectivity index (χ2n) is 5.13. The van der Waals surface area contributed by atoms with Gasteiger partial charge < -0.3 is 14.7 Å². The van der Waals surface area contributed by atoms with Gasteiger partial charge in [-0.1, -0.05) is 5.16 Å². The summed E-state index contributed by atoms with van der Waals surface area (Å²) in [5, 5.41) is 6.62. The molecule has 1 heterocycles. The normalized spacial score (nSPS) is 10.5. The van der Waals surface area contributed by atoms with Crippen LogP contribution in [0.1, 0.15) is 31.1 Å². The summed E-state index contributed by atoms with van der Waals surface area (Å²) in [6.07, 6.45) is 0.106. The van der Waals surface area contributed by atoms with Crippen molar-refractivity contribution < 1.29 is 9.32 Å². The van der Waals surface area contributed by atoms with Crippen molar-refractivity contribution in [2.75, 3.05) is 23.3 Å². The molecule has 0 aliphatic heterocycles. The number of nitrogens with one attached hydrogen (secondary N) is 1. The molecule has 22 heavy (non-hydrogen) atoms. The van der Waals surface area contributed by atoms with E-state index < -0.39 is 0 Å². The first-order valence-electron chi connectivity index (χ1n) is 7.48. The average molecular weight is 302 g/mol. The molecule has 6 nitrogen and oxygen atoms in total. The fourth-order valence-electron chi connectivity index (χ4n) is 2.32. The lowest BCUT2D eigenvalue weighted by Crippen LogP contribution is -2.22. The molecule has 2 rings (SSSR count). The fraction of sp³-hybridized carbons (Fsp3) is 0.438. The van der Waals surface area contributed by atoms with Crippen molar-refractivity contribution in [1.82, 2.24) is 10.1 Å². The van der Waals surface area contributed by atoms with Crippen molar-refractivity contribution in [3.8, 4) is 0 Å². The molecule has 1 aromatic carbocycles. The van der Waals surface area contributed by atoms with Crippen LogP contribution in [0.4, 0.5) is 11.4 Å². The molecule has 0 fully saturated rings. The van der Waals surface area contributed by atoms with Gasteiger partial charge in [0.15, 0.2) is 5.82 Å². The number of amides is 1. The number of rotatable bonds is 6. The van der Waals surface area contributed by atoms with Crippen LogP contribution < -0.4 is 10.2 Å². The van der Waals surface area contributed by atoms with E-state index >= 15 is 0 Å². The Morgan fingerprint density at radius 1 is 1.27 bits per heavy atom. The Labute approximate surface area is 130 Å². The number of hydrogen-bond donors (Lipinski definition) is 1. The summed E-state index contributed by atoms with van der Waals surface area (Å²) >= 11 is 0. The van der Waals surface area contributed by atoms with Crippen LogP contribution in [-0.2, 0) is 11.2 Å². The van der Waals surface area contributed by atoms with Gasteiger partial charge in [0.2, 0.25) is 11.8 Å². The van der Waals surface area contributed by atoms with Crippen LogP contribution in [0, 0.1) is 13.8 Å². The number of nitrogens with zero attached hydrogens (tertiary/aromatic N) is 3. The molecule has 6 heteroatoms. The highest BCUT2D eigenvalue weighted by Gasteiger charge is 2.11. The number of benzene rings is 1. The van der Waals surface area contributed by atoms with E-state index in [2.05, 4.69) is 40.3 Å². The van der Waals surface area contributed by atoms with E-state index in [1.165, 1.54) is 0 Å². The first-order chi connectivity index (χ1) is 10.5. The van der Waals surface area contributed by atoms with Crippen LogP contribution in [0.25, 0.3) is 0 Å². The molecular weight excluding hydrogens is 280 g/mol. The monoisotopic (exact) mass is 302 g/mol. The Hall–Kier alpha value is -2.37. The molecular formula is C16H22N4O2. The number of aryl methyl sites for hydroxylation is 2. The summed E-state index contributed by atoms with van der Waals surface area (Å²) in [4.78, 5) is 18.3. The van der Waals surface area contributed by atoms with Gasteiger partial charge in [0.1, 0.15) is 0 Å². The molecule has 0 bridgehead atoms. The highest BCUT2D eigenvalue weighted by Crippen LogP contribution is 2.22. The minimum Gasteiger partial charge on any atom is -0.372 e. The summed E-state index contributed by atoms with van der Waals surface area (Å²) in [7, 11) is 0. The Bertz CT molecular complexity index is 647. The molecule has 0 radical (unpaired) electrons. The molecule has 118 valence electrons. The zero-order valence-corrected chi connectivity index (χ0v) is 13.5. The van der Waals surface area contributed by atoms with E-state index in [9.17, 15) is 4.79 Å². The first kappa shape index (κ1) is 16.0. The highest BCUT2D eigenvalue weighted by molar-refractivity contribution is 5.92. The Morgan fingerprint density at radius 3 is 2.55 bits per heavy atom. The van der Waals surface area contributed by atoms with Gasteiger partial charge in [0.05, 0.1) is 6.42 Å². The molecule has 1 N–H and O–H groups in total. The summed E-state index contributed by atoms with van der Waals surface area (Å²) in [5.41, 5.74) is 3.00. The number of anilines is 2. The molecule has 1 amide bonds. The lowest BCUT2D eigenvalue weighted by molar-refractivity contribution is -0.115. The third kappa shape index (κ3) is 3.84. The van der Waals surface area contributed by atoms with Crippen LogP contribution in [0.2, 0.25) is 0 Å². The quantitative estimate of drug-likeness (QED) is 0.888. The topological polar surface area (TPSA) is 71.3 Å². The van der Waals surface area contributed by atoms with Crippen LogP contribution in [0.3, 0.4) is 0 Å². The van der Waals surface area contributed by atoms with Crippen molar-refractivity contribution in [1.29, 1.82) is 0 Å². The lowest BCUT2D eigenvalue weighted by Gasteiger charge is -2.22. The summed E-state index contributed by atoms with van der Waals surface area (Å²) in [5.74, 6) is 0.703. The van der Waals surface area contributed by atoms with Crippen molar-refractivity contribution in [3.63, 3.8) is 0 Å². The molecule has 0 aliphatic carbocycles. The SMILES string of the molecule is CCN(CC)c1ccc(NC(=O)Cc2noc(C)n2)c(C)c1. The fourth-order valence-corrected chi connectivity index (χ4v) is 2.32. The van der Waals surface area contributed by atoms with Gasteiger partial charge in [-0.3, -0.25) is 4.79 Å². The number of carbonyl (C=O) groups is 1. The van der Waals surface area contributed by atoms with Crippen molar-refractivity contribution in [2.45, 2.75) is 34.1 Å². The predicted octanol–water partition coefficient (Wildman–Crippen LogP) is 2.71. The largest absolute Gasteiger partial charge is 0.372 e. The maximum Gasteiger partial charge on any atom is 0.232 e. The maximum atomic E-state index is 12.0. The van der Waals surface area contributed by atoms with Crippen molar-refractivity contribution in [3.05, 3.63) is 35.5 Å². The van der Waals surface area contributed by atoms with Crippen molar-refractivity contribution in [2.24, 2.45) is 0 Å². The molecule has 0 unspecified atom stereocenters. The number of hydrogen-bond acceptors (Lipinski definition) is 5. The molecule has 0 spiro atoms. The molecule has 0 saturated carbocycles. The molecule has 0 atom stereocenters.